The molecule has 0 aromatic carbocycles. The van der Waals surface area contributed by atoms with Crippen molar-refractivity contribution in [3.63, 3.8) is 0 Å². The highest BCUT2D eigenvalue weighted by atomic mass is 35.5. The fraction of sp³-hybridized carbons (Fsp3) is 0.769. The maximum Gasteiger partial charge on any atom is 0.120 e. The lowest BCUT2D eigenvalue weighted by Crippen LogP contribution is -2.40. The van der Waals surface area contributed by atoms with Gasteiger partial charge < -0.3 is 9.74 Å². The smallest absolute Gasteiger partial charge is 0.120 e. The number of hydrogen-bond acceptors (Lipinski definition) is 3. The van der Waals surface area contributed by atoms with Gasteiger partial charge in [0.1, 0.15) is 6.61 Å². The topological polar surface area (TPSA) is 30.3 Å². The van der Waals surface area contributed by atoms with Crippen LogP contribution >= 0.6 is 12.4 Å². The van der Waals surface area contributed by atoms with Gasteiger partial charge in [0.25, 0.3) is 0 Å². The number of hydrogen-bond donors (Lipinski definition) is 0. The van der Waals surface area contributed by atoms with Gasteiger partial charge in [-0.05, 0) is 56.7 Å². The first-order valence-electron chi connectivity index (χ1n) is 6.77. The van der Waals surface area contributed by atoms with Crippen molar-refractivity contribution in [2.45, 2.75) is 25.7 Å². The van der Waals surface area contributed by atoms with E-state index in [-0.39, 0.29) is 12.4 Å². The van der Waals surface area contributed by atoms with Crippen LogP contribution in [0, 0.1) is 11.8 Å². The van der Waals surface area contributed by atoms with Crippen LogP contribution in [0.1, 0.15) is 25.7 Å². The summed E-state index contributed by atoms with van der Waals surface area (Å²) in [5.41, 5.74) is 0. The molecule has 0 amide bonds. The Kier molecular flexibility index (Phi) is 4.89. The van der Waals surface area contributed by atoms with Crippen LogP contribution in [-0.4, -0.2) is 41.1 Å². The Morgan fingerprint density at radius 1 is 1.17 bits per heavy atom. The zero-order valence-electron chi connectivity index (χ0n) is 10.7. The quantitative estimate of drug-likeness (QED) is 0.819. The van der Waals surface area contributed by atoms with Gasteiger partial charge in [-0.3, -0.25) is 0 Å². The molecule has 1 saturated heterocycles. The molecule has 0 N–H and O–H groups in total. The van der Waals surface area contributed by atoms with E-state index in [1.807, 2.05) is 12.3 Å². The molecular formula is C13H22ClN3O. The monoisotopic (exact) mass is 271 g/mol. The highest BCUT2D eigenvalue weighted by Gasteiger charge is 2.33. The Morgan fingerprint density at radius 2 is 1.94 bits per heavy atom. The summed E-state index contributed by atoms with van der Waals surface area (Å²) >= 11 is 0. The molecule has 2 aliphatic rings. The van der Waals surface area contributed by atoms with E-state index in [0.717, 1.165) is 18.4 Å². The first kappa shape index (κ1) is 13.7. The van der Waals surface area contributed by atoms with E-state index in [0.29, 0.717) is 0 Å². The summed E-state index contributed by atoms with van der Waals surface area (Å²) in [6.07, 6.45) is 9.09. The van der Waals surface area contributed by atoms with Crippen LogP contribution in [0.2, 0.25) is 0 Å². The van der Waals surface area contributed by atoms with E-state index >= 15 is 0 Å². The molecule has 5 heteroatoms. The molecule has 0 spiro atoms. The third kappa shape index (κ3) is 3.18. The van der Waals surface area contributed by atoms with E-state index in [4.69, 9.17) is 4.84 Å². The van der Waals surface area contributed by atoms with Crippen LogP contribution < -0.4 is 4.84 Å². The summed E-state index contributed by atoms with van der Waals surface area (Å²) in [5, 5.41) is 4.06. The first-order valence-corrected chi connectivity index (χ1v) is 6.77. The van der Waals surface area contributed by atoms with Crippen molar-refractivity contribution < 1.29 is 4.84 Å². The number of aromatic nitrogens is 2. The minimum atomic E-state index is 0. The highest BCUT2D eigenvalue weighted by molar-refractivity contribution is 5.85. The van der Waals surface area contributed by atoms with Gasteiger partial charge in [0, 0.05) is 6.54 Å². The Hall–Kier alpha value is -0.740. The second-order valence-electron chi connectivity index (χ2n) is 5.31. The Labute approximate surface area is 115 Å². The molecule has 0 unspecified atom stereocenters. The average Bonchev–Trinajstić information content (AvgIpc) is 2.97. The van der Waals surface area contributed by atoms with Crippen molar-refractivity contribution >= 4 is 12.4 Å². The van der Waals surface area contributed by atoms with Crippen LogP contribution in [0.15, 0.2) is 18.5 Å². The molecule has 1 saturated carbocycles. The van der Waals surface area contributed by atoms with Crippen molar-refractivity contribution in [2.24, 2.45) is 11.8 Å². The number of rotatable bonds is 5. The second-order valence-corrected chi connectivity index (χ2v) is 5.31. The summed E-state index contributed by atoms with van der Waals surface area (Å²) < 4.78 is 0. The fourth-order valence-corrected chi connectivity index (χ4v) is 2.90. The number of halogens is 1. The number of nitrogens with zero attached hydrogens (tertiary/aromatic N) is 3. The molecule has 2 fully saturated rings. The van der Waals surface area contributed by atoms with Gasteiger partial charge in [-0.25, -0.2) is 0 Å². The van der Waals surface area contributed by atoms with Crippen molar-refractivity contribution in [2.75, 3.05) is 26.2 Å². The Balaban J connectivity index is 0.00000120. The Bertz CT molecular complexity index is 338. The molecule has 18 heavy (non-hydrogen) atoms. The highest BCUT2D eigenvalue weighted by Crippen LogP contribution is 2.35. The maximum absolute atomic E-state index is 5.63. The van der Waals surface area contributed by atoms with E-state index < -0.39 is 0 Å². The van der Waals surface area contributed by atoms with Crippen LogP contribution in [0.4, 0.5) is 0 Å². The lowest BCUT2D eigenvalue weighted by Gasteiger charge is -2.38. The molecular weight excluding hydrogens is 250 g/mol. The van der Waals surface area contributed by atoms with E-state index in [1.165, 1.54) is 45.3 Å². The normalized spacial score (nSPS) is 27.6. The van der Waals surface area contributed by atoms with Gasteiger partial charge in [0.2, 0.25) is 0 Å². The van der Waals surface area contributed by atoms with Gasteiger partial charge in [-0.1, -0.05) is 0 Å². The van der Waals surface area contributed by atoms with Crippen molar-refractivity contribution in [1.29, 1.82) is 0 Å². The van der Waals surface area contributed by atoms with Gasteiger partial charge in [-0.2, -0.15) is 0 Å². The van der Waals surface area contributed by atoms with Gasteiger partial charge >= 0.3 is 0 Å². The van der Waals surface area contributed by atoms with E-state index in [2.05, 4.69) is 10.00 Å². The molecule has 2 heterocycles. The molecule has 3 rings (SSSR count). The van der Waals surface area contributed by atoms with E-state index in [1.54, 1.807) is 11.0 Å². The largest absolute Gasteiger partial charge is 0.396 e. The molecule has 0 bridgehead atoms. The molecule has 1 aromatic rings. The van der Waals surface area contributed by atoms with Crippen molar-refractivity contribution in [3.05, 3.63) is 18.5 Å². The minimum Gasteiger partial charge on any atom is -0.396 e. The lowest BCUT2D eigenvalue weighted by atomic mass is 9.74. The number of likely N-dealkylation sites (tertiary alicyclic amines) is 1. The fourth-order valence-electron chi connectivity index (χ4n) is 2.90. The molecule has 1 aliphatic carbocycles. The second kappa shape index (κ2) is 6.43. The molecule has 2 atom stereocenters. The molecule has 1 aromatic heterocycles. The van der Waals surface area contributed by atoms with Gasteiger partial charge in [-0.15, -0.1) is 22.4 Å². The standard InChI is InChI=1S/C13H21N3O.ClH/c1-2-8-15(7-1)10-12-4-5-13(12)11-17-16-9-3-6-14-16;/h3,6,9,12-13H,1-2,4-5,7-8,10-11H2;1H/t12-,13+;/m1./s1. The predicted octanol–water partition coefficient (Wildman–Crippen LogP) is 1.86. The van der Waals surface area contributed by atoms with Gasteiger partial charge in [0.05, 0.1) is 12.4 Å². The molecule has 102 valence electrons. The van der Waals surface area contributed by atoms with Crippen LogP contribution in [0.25, 0.3) is 0 Å². The summed E-state index contributed by atoms with van der Waals surface area (Å²) in [6.45, 7) is 4.72. The van der Waals surface area contributed by atoms with Crippen LogP contribution in [0.5, 0.6) is 0 Å². The summed E-state index contributed by atoms with van der Waals surface area (Å²) in [6, 6.07) is 1.89. The molecule has 0 radical (unpaired) electrons. The zero-order valence-corrected chi connectivity index (χ0v) is 11.5. The first-order chi connectivity index (χ1) is 8.42. The van der Waals surface area contributed by atoms with Crippen LogP contribution in [0.3, 0.4) is 0 Å². The minimum absolute atomic E-state index is 0. The van der Waals surface area contributed by atoms with Crippen molar-refractivity contribution in [1.82, 2.24) is 14.8 Å². The van der Waals surface area contributed by atoms with Crippen LogP contribution in [-0.2, 0) is 0 Å². The zero-order chi connectivity index (χ0) is 11.5. The lowest BCUT2D eigenvalue weighted by molar-refractivity contribution is -0.00200. The SMILES string of the molecule is Cl.c1cnn(OC[C@@H]2CC[C@@H]2CN2CCCC2)c1. The Morgan fingerprint density at radius 3 is 2.56 bits per heavy atom. The average molecular weight is 272 g/mol. The summed E-state index contributed by atoms with van der Waals surface area (Å²) in [7, 11) is 0. The van der Waals surface area contributed by atoms with E-state index in [9.17, 15) is 0 Å². The molecule has 1 aliphatic heterocycles. The summed E-state index contributed by atoms with van der Waals surface area (Å²) in [4.78, 5) is 9.82. The predicted molar refractivity (Wildman–Crippen MR) is 72.8 cm³/mol. The maximum atomic E-state index is 5.63. The van der Waals surface area contributed by atoms with Gasteiger partial charge in [0.15, 0.2) is 0 Å². The molecule has 4 nitrogen and oxygen atoms in total. The van der Waals surface area contributed by atoms with Crippen molar-refractivity contribution in [3.8, 4) is 0 Å². The third-order valence-electron chi connectivity index (χ3n) is 4.17. The third-order valence-corrected chi connectivity index (χ3v) is 4.17. The summed E-state index contributed by atoms with van der Waals surface area (Å²) in [5.74, 6) is 1.59.